The Morgan fingerprint density at radius 3 is 2.87 bits per heavy atom. The Balaban J connectivity index is 1.39. The van der Waals surface area contributed by atoms with Crippen LogP contribution in [-0.4, -0.2) is 26.1 Å². The van der Waals surface area contributed by atoms with Crippen LogP contribution in [-0.2, 0) is 12.1 Å². The average molecular weight is 413 g/mol. The van der Waals surface area contributed by atoms with E-state index < -0.39 is 5.60 Å². The summed E-state index contributed by atoms with van der Waals surface area (Å²) in [5.74, 6) is 2.56. The van der Waals surface area contributed by atoms with Gasteiger partial charge in [-0.2, -0.15) is 4.91 Å². The van der Waals surface area contributed by atoms with Crippen LogP contribution in [0.1, 0.15) is 83.7 Å². The molecule has 0 bridgehead atoms. The Morgan fingerprint density at radius 2 is 2.07 bits per heavy atom. The normalized spacial score (nSPS) is 42.8. The summed E-state index contributed by atoms with van der Waals surface area (Å²) in [4.78, 5) is 11.0. The molecule has 7 atom stereocenters. The molecule has 0 amide bonds. The zero-order chi connectivity index (χ0) is 20.9. The summed E-state index contributed by atoms with van der Waals surface area (Å²) in [6, 6.07) is -0.103. The van der Waals surface area contributed by atoms with Gasteiger partial charge in [0.2, 0.25) is 0 Å². The Kier molecular flexibility index (Phi) is 5.11. The highest BCUT2D eigenvalue weighted by Crippen LogP contribution is 2.67. The quantitative estimate of drug-likeness (QED) is 0.547. The van der Waals surface area contributed by atoms with Crippen molar-refractivity contribution in [1.29, 1.82) is 0 Å². The molecule has 1 heterocycles. The van der Waals surface area contributed by atoms with Crippen LogP contribution >= 0.6 is 0 Å². The maximum Gasteiger partial charge on any atom is 0.116 e. The second-order valence-corrected chi connectivity index (χ2v) is 10.6. The van der Waals surface area contributed by atoms with Crippen LogP contribution in [0.15, 0.2) is 23.0 Å². The third kappa shape index (κ3) is 2.93. The van der Waals surface area contributed by atoms with Gasteiger partial charge in [0.15, 0.2) is 0 Å². The topological polar surface area (TPSA) is 80.4 Å². The molecule has 3 fully saturated rings. The van der Waals surface area contributed by atoms with Gasteiger partial charge in [-0.05, 0) is 81.5 Å². The molecule has 0 saturated heterocycles. The van der Waals surface area contributed by atoms with E-state index in [0.29, 0.717) is 23.7 Å². The van der Waals surface area contributed by atoms with Crippen LogP contribution in [0.4, 0.5) is 0 Å². The van der Waals surface area contributed by atoms with E-state index in [1.165, 1.54) is 18.4 Å². The van der Waals surface area contributed by atoms with Crippen molar-refractivity contribution in [2.45, 2.75) is 96.2 Å². The molecule has 1 aromatic rings. The van der Waals surface area contributed by atoms with Crippen LogP contribution in [0.5, 0.6) is 0 Å². The lowest BCUT2D eigenvalue weighted by atomic mass is 9.50. The molecule has 1 aromatic heterocycles. The van der Waals surface area contributed by atoms with Crippen LogP contribution < -0.4 is 0 Å². The number of aryl methyl sites for hydroxylation is 1. The molecule has 4 aliphatic rings. The number of nitroso groups, excluding NO2 is 1. The molecular weight excluding hydrogens is 376 g/mol. The van der Waals surface area contributed by atoms with E-state index in [1.54, 1.807) is 0 Å². The first kappa shape index (κ1) is 20.3. The van der Waals surface area contributed by atoms with Crippen molar-refractivity contribution in [3.63, 3.8) is 0 Å². The minimum Gasteiger partial charge on any atom is -0.383 e. The Labute approximate surface area is 179 Å². The first-order chi connectivity index (χ1) is 14.5. The zero-order valence-electron chi connectivity index (χ0n) is 18.5. The van der Waals surface area contributed by atoms with E-state index in [0.717, 1.165) is 63.6 Å². The predicted octanol–water partition coefficient (Wildman–Crippen LogP) is 4.97. The van der Waals surface area contributed by atoms with E-state index in [9.17, 15) is 10.0 Å². The molecule has 5 rings (SSSR count). The minimum atomic E-state index is -0.859. The van der Waals surface area contributed by atoms with E-state index in [4.69, 9.17) is 0 Å². The summed E-state index contributed by atoms with van der Waals surface area (Å²) >= 11 is 0. The predicted molar refractivity (Wildman–Crippen MR) is 115 cm³/mol. The van der Waals surface area contributed by atoms with Gasteiger partial charge in [0.1, 0.15) is 17.3 Å². The molecule has 6 heteroatoms. The number of aromatic nitrogens is 3. The fourth-order valence-corrected chi connectivity index (χ4v) is 7.75. The highest BCUT2D eigenvalue weighted by molar-refractivity contribution is 5.24. The SMILES string of the molecule is CCCCn1cc([C@]2(O)CCC3C4CCC5=CC(N=O)CC[C@@H]5C4CC[C@@]32C)nn1. The van der Waals surface area contributed by atoms with Crippen LogP contribution in [0.2, 0.25) is 0 Å². The summed E-state index contributed by atoms with van der Waals surface area (Å²) in [7, 11) is 0. The van der Waals surface area contributed by atoms with Crippen molar-refractivity contribution < 1.29 is 5.11 Å². The summed E-state index contributed by atoms with van der Waals surface area (Å²) in [6.45, 7) is 5.38. The molecule has 0 aromatic carbocycles. The lowest BCUT2D eigenvalue weighted by molar-refractivity contribution is -0.125. The molecule has 3 saturated carbocycles. The van der Waals surface area contributed by atoms with Crippen molar-refractivity contribution in [1.82, 2.24) is 15.0 Å². The summed E-state index contributed by atoms with van der Waals surface area (Å²) < 4.78 is 1.91. The van der Waals surface area contributed by atoms with Gasteiger partial charge < -0.3 is 5.11 Å². The van der Waals surface area contributed by atoms with Gasteiger partial charge in [-0.15, -0.1) is 5.10 Å². The molecule has 0 aliphatic heterocycles. The second kappa shape index (κ2) is 7.54. The number of rotatable bonds is 5. The van der Waals surface area contributed by atoms with Gasteiger partial charge in [-0.25, -0.2) is 0 Å². The molecule has 4 unspecified atom stereocenters. The first-order valence-corrected chi connectivity index (χ1v) is 12.2. The van der Waals surface area contributed by atoms with Gasteiger partial charge in [-0.1, -0.05) is 42.3 Å². The fourth-order valence-electron chi connectivity index (χ4n) is 7.75. The maximum atomic E-state index is 12.0. The van der Waals surface area contributed by atoms with Crippen LogP contribution in [0.3, 0.4) is 0 Å². The standard InChI is InChI=1S/C24H36N4O2/c1-3-4-13-28-15-22(25-27-28)24(29)12-10-21-20-7-5-16-14-17(26-30)6-8-18(16)19(20)9-11-23(21,24)2/h14-15,17-21,29H,3-13H2,1-2H3/t17?,18-,19?,20?,21?,23-,24+/m0/s1. The van der Waals surface area contributed by atoms with E-state index in [-0.39, 0.29) is 11.5 Å². The van der Waals surface area contributed by atoms with Gasteiger partial charge in [0.05, 0.1) is 6.20 Å². The number of aliphatic hydroxyl groups is 1. The lowest BCUT2D eigenvalue weighted by Gasteiger charge is -2.55. The molecule has 164 valence electrons. The lowest BCUT2D eigenvalue weighted by Crippen LogP contribution is -2.51. The Bertz CT molecular complexity index is 835. The van der Waals surface area contributed by atoms with E-state index in [2.05, 4.69) is 35.4 Å². The van der Waals surface area contributed by atoms with Crippen LogP contribution in [0, 0.1) is 34.0 Å². The molecule has 0 spiro atoms. The fraction of sp³-hybridized carbons (Fsp3) is 0.833. The van der Waals surface area contributed by atoms with Crippen molar-refractivity contribution in [3.8, 4) is 0 Å². The second-order valence-electron chi connectivity index (χ2n) is 10.6. The third-order valence-electron chi connectivity index (χ3n) is 9.42. The van der Waals surface area contributed by atoms with Crippen molar-refractivity contribution in [2.75, 3.05) is 0 Å². The third-order valence-corrected chi connectivity index (χ3v) is 9.42. The molecule has 1 N–H and O–H groups in total. The first-order valence-electron chi connectivity index (χ1n) is 12.2. The van der Waals surface area contributed by atoms with Crippen molar-refractivity contribution in [3.05, 3.63) is 28.4 Å². The Morgan fingerprint density at radius 1 is 1.20 bits per heavy atom. The zero-order valence-corrected chi connectivity index (χ0v) is 18.5. The largest absolute Gasteiger partial charge is 0.383 e. The highest BCUT2D eigenvalue weighted by Gasteiger charge is 2.63. The van der Waals surface area contributed by atoms with E-state index >= 15 is 0 Å². The summed E-state index contributed by atoms with van der Waals surface area (Å²) in [5, 5.41) is 24.1. The van der Waals surface area contributed by atoms with Crippen molar-refractivity contribution in [2.24, 2.45) is 34.3 Å². The van der Waals surface area contributed by atoms with Crippen LogP contribution in [0.25, 0.3) is 0 Å². The summed E-state index contributed by atoms with van der Waals surface area (Å²) in [6.07, 6.45) is 14.8. The van der Waals surface area contributed by atoms with E-state index in [1.807, 2.05) is 10.9 Å². The molecule has 30 heavy (non-hydrogen) atoms. The molecule has 0 radical (unpaired) electrons. The van der Waals surface area contributed by atoms with Gasteiger partial charge in [0, 0.05) is 12.0 Å². The highest BCUT2D eigenvalue weighted by atomic mass is 16.3. The number of hydrogen-bond donors (Lipinski definition) is 1. The minimum absolute atomic E-state index is 0.103. The average Bonchev–Trinajstić information content (AvgIpc) is 3.35. The smallest absolute Gasteiger partial charge is 0.116 e. The number of hydrogen-bond acceptors (Lipinski definition) is 5. The Hall–Kier alpha value is -1.56. The molecular formula is C24H36N4O2. The number of nitrogens with zero attached hydrogens (tertiary/aromatic N) is 4. The summed E-state index contributed by atoms with van der Waals surface area (Å²) in [5.41, 5.74) is 1.31. The van der Waals surface area contributed by atoms with Gasteiger partial charge in [0.25, 0.3) is 0 Å². The maximum absolute atomic E-state index is 12.0. The van der Waals surface area contributed by atoms with Gasteiger partial charge >= 0.3 is 0 Å². The molecule has 4 aliphatic carbocycles. The number of allylic oxidation sites excluding steroid dienone is 1. The monoisotopic (exact) mass is 412 g/mol. The number of fused-ring (bicyclic) bond motifs is 5. The molecule has 6 nitrogen and oxygen atoms in total. The van der Waals surface area contributed by atoms with Crippen molar-refractivity contribution >= 4 is 0 Å². The number of unbranched alkanes of at least 4 members (excludes halogenated alkanes) is 1. The van der Waals surface area contributed by atoms with Gasteiger partial charge in [-0.3, -0.25) is 4.68 Å².